The summed E-state index contributed by atoms with van der Waals surface area (Å²) in [6, 6.07) is 6.35. The minimum absolute atomic E-state index is 0.0113. The van der Waals surface area contributed by atoms with E-state index in [1.54, 1.807) is 6.20 Å². The number of aryl methyl sites for hydroxylation is 1. The van der Waals surface area contributed by atoms with E-state index in [4.69, 9.17) is 0 Å². The molecule has 1 aliphatic heterocycles. The van der Waals surface area contributed by atoms with Crippen molar-refractivity contribution in [1.29, 1.82) is 0 Å². The molecule has 1 atom stereocenters. The maximum atomic E-state index is 11.4. The van der Waals surface area contributed by atoms with Crippen molar-refractivity contribution in [2.45, 2.75) is 19.8 Å². The number of imidazole rings is 1. The number of carbonyl (C=O) groups is 1. The Labute approximate surface area is 116 Å². The second-order valence-corrected chi connectivity index (χ2v) is 5.32. The molecule has 2 aliphatic rings. The highest BCUT2D eigenvalue weighted by Crippen LogP contribution is 2.32. The van der Waals surface area contributed by atoms with Gasteiger partial charge in [0.15, 0.2) is 0 Å². The quantitative estimate of drug-likeness (QED) is 0.852. The number of hydrogen-bond donors (Lipinski definition) is 1. The van der Waals surface area contributed by atoms with Crippen LogP contribution >= 0.6 is 0 Å². The first-order valence-corrected chi connectivity index (χ1v) is 6.72. The first kappa shape index (κ1) is 11.4. The zero-order chi connectivity index (χ0) is 13.7. The van der Waals surface area contributed by atoms with Gasteiger partial charge in [-0.3, -0.25) is 4.79 Å². The average Bonchev–Trinajstić information content (AvgIpc) is 3.00. The van der Waals surface area contributed by atoms with Gasteiger partial charge in [0.2, 0.25) is 5.91 Å². The Morgan fingerprint density at radius 2 is 2.25 bits per heavy atom. The SMILES string of the molecule is Cc1nccn1-c1ccc2c(c1)CC1CC(=O)NN=C21. The molecule has 0 saturated carbocycles. The average molecular weight is 266 g/mol. The first-order chi connectivity index (χ1) is 9.72. The predicted molar refractivity (Wildman–Crippen MR) is 74.8 cm³/mol. The standard InChI is InChI=1S/C15H14N4O/c1-9-16-4-5-19(9)12-2-3-13-10(7-12)6-11-8-14(20)17-18-15(11)13/h2-5,7,11H,6,8H2,1H3,(H,17,20). The van der Waals surface area contributed by atoms with Gasteiger partial charge in [-0.25, -0.2) is 10.4 Å². The molecule has 20 heavy (non-hydrogen) atoms. The lowest BCUT2D eigenvalue weighted by molar-refractivity contribution is -0.121. The number of rotatable bonds is 1. The van der Waals surface area contributed by atoms with Crippen LogP contribution in [0.15, 0.2) is 35.7 Å². The summed E-state index contributed by atoms with van der Waals surface area (Å²) in [6.45, 7) is 1.99. The number of carbonyl (C=O) groups excluding carboxylic acids is 1. The van der Waals surface area contributed by atoms with Gasteiger partial charge in [0.1, 0.15) is 5.82 Å². The topological polar surface area (TPSA) is 59.3 Å². The molecule has 100 valence electrons. The Bertz CT molecular complexity index is 744. The van der Waals surface area contributed by atoms with Crippen molar-refractivity contribution in [3.8, 4) is 5.69 Å². The number of hydrogen-bond acceptors (Lipinski definition) is 3. The van der Waals surface area contributed by atoms with Gasteiger partial charge < -0.3 is 4.57 Å². The van der Waals surface area contributed by atoms with Crippen LogP contribution in [-0.2, 0) is 11.2 Å². The second kappa shape index (κ2) is 4.03. The van der Waals surface area contributed by atoms with Gasteiger partial charge in [-0.1, -0.05) is 6.07 Å². The Morgan fingerprint density at radius 3 is 3.05 bits per heavy atom. The minimum atomic E-state index is 0.0113. The van der Waals surface area contributed by atoms with E-state index < -0.39 is 0 Å². The predicted octanol–water partition coefficient (Wildman–Crippen LogP) is 1.58. The number of aromatic nitrogens is 2. The van der Waals surface area contributed by atoms with E-state index >= 15 is 0 Å². The highest BCUT2D eigenvalue weighted by Gasteiger charge is 2.33. The molecule has 1 aromatic heterocycles. The molecule has 1 aromatic carbocycles. The summed E-state index contributed by atoms with van der Waals surface area (Å²) < 4.78 is 2.06. The van der Waals surface area contributed by atoms with Crippen LogP contribution in [0.3, 0.4) is 0 Å². The van der Waals surface area contributed by atoms with Crippen molar-refractivity contribution in [1.82, 2.24) is 15.0 Å². The molecule has 2 heterocycles. The fourth-order valence-corrected chi connectivity index (χ4v) is 3.09. The van der Waals surface area contributed by atoms with Crippen LogP contribution in [-0.4, -0.2) is 21.2 Å². The lowest BCUT2D eigenvalue weighted by Gasteiger charge is -2.15. The highest BCUT2D eigenvalue weighted by atomic mass is 16.2. The van der Waals surface area contributed by atoms with Crippen LogP contribution < -0.4 is 5.43 Å². The second-order valence-electron chi connectivity index (χ2n) is 5.32. The third-order valence-electron chi connectivity index (χ3n) is 4.05. The van der Waals surface area contributed by atoms with E-state index in [-0.39, 0.29) is 11.8 Å². The number of nitrogens with one attached hydrogen (secondary N) is 1. The number of amides is 1. The number of hydrazone groups is 1. The van der Waals surface area contributed by atoms with Gasteiger partial charge in [-0.15, -0.1) is 0 Å². The molecule has 1 amide bonds. The van der Waals surface area contributed by atoms with Crippen LogP contribution in [0.4, 0.5) is 0 Å². The van der Waals surface area contributed by atoms with E-state index in [1.165, 1.54) is 5.56 Å². The maximum Gasteiger partial charge on any atom is 0.240 e. The molecule has 0 spiro atoms. The van der Waals surface area contributed by atoms with Crippen molar-refractivity contribution in [2.75, 3.05) is 0 Å². The molecular formula is C15H14N4O. The van der Waals surface area contributed by atoms with Crippen LogP contribution in [0.25, 0.3) is 5.69 Å². The van der Waals surface area contributed by atoms with Crippen LogP contribution in [0.5, 0.6) is 0 Å². The molecule has 1 N–H and O–H groups in total. The van der Waals surface area contributed by atoms with Gasteiger partial charge in [0, 0.05) is 36.0 Å². The van der Waals surface area contributed by atoms with Gasteiger partial charge >= 0.3 is 0 Å². The van der Waals surface area contributed by atoms with Gasteiger partial charge in [-0.2, -0.15) is 5.10 Å². The molecule has 2 aromatic rings. The number of nitrogens with zero attached hydrogens (tertiary/aromatic N) is 3. The van der Waals surface area contributed by atoms with Crippen molar-refractivity contribution in [3.63, 3.8) is 0 Å². The van der Waals surface area contributed by atoms with Gasteiger partial charge in [-0.05, 0) is 31.0 Å². The Hall–Kier alpha value is -2.43. The number of fused-ring (bicyclic) bond motifs is 3. The van der Waals surface area contributed by atoms with Crippen molar-refractivity contribution < 1.29 is 4.79 Å². The fourth-order valence-electron chi connectivity index (χ4n) is 3.09. The first-order valence-electron chi connectivity index (χ1n) is 6.72. The molecule has 0 fully saturated rings. The molecule has 0 radical (unpaired) electrons. The lowest BCUT2D eigenvalue weighted by atomic mass is 9.99. The summed E-state index contributed by atoms with van der Waals surface area (Å²) in [7, 11) is 0. The lowest BCUT2D eigenvalue weighted by Crippen LogP contribution is -2.31. The van der Waals surface area contributed by atoms with Crippen LogP contribution in [0.1, 0.15) is 23.4 Å². The third kappa shape index (κ3) is 1.59. The van der Waals surface area contributed by atoms with Crippen molar-refractivity contribution >= 4 is 11.6 Å². The largest absolute Gasteiger partial charge is 0.304 e. The summed E-state index contributed by atoms with van der Waals surface area (Å²) in [5.74, 6) is 1.21. The Kier molecular flexibility index (Phi) is 2.30. The zero-order valence-corrected chi connectivity index (χ0v) is 11.1. The summed E-state index contributed by atoms with van der Waals surface area (Å²) >= 11 is 0. The fraction of sp³-hybridized carbons (Fsp3) is 0.267. The highest BCUT2D eigenvalue weighted by molar-refractivity contribution is 6.09. The van der Waals surface area contributed by atoms with Crippen LogP contribution in [0.2, 0.25) is 0 Å². The minimum Gasteiger partial charge on any atom is -0.304 e. The number of benzene rings is 1. The third-order valence-corrected chi connectivity index (χ3v) is 4.05. The summed E-state index contributed by atoms with van der Waals surface area (Å²) in [5, 5.41) is 4.22. The maximum absolute atomic E-state index is 11.4. The molecule has 5 nitrogen and oxygen atoms in total. The zero-order valence-electron chi connectivity index (χ0n) is 11.1. The van der Waals surface area contributed by atoms with Crippen molar-refractivity contribution in [3.05, 3.63) is 47.5 Å². The summed E-state index contributed by atoms with van der Waals surface area (Å²) in [6.07, 6.45) is 5.19. The summed E-state index contributed by atoms with van der Waals surface area (Å²) in [5.41, 5.74) is 7.13. The molecule has 1 aliphatic carbocycles. The molecule has 0 bridgehead atoms. The molecule has 4 rings (SSSR count). The van der Waals surface area contributed by atoms with Crippen LogP contribution in [0, 0.1) is 12.8 Å². The smallest absolute Gasteiger partial charge is 0.240 e. The normalized spacial score (nSPS) is 20.1. The van der Waals surface area contributed by atoms with E-state index in [0.717, 1.165) is 29.2 Å². The van der Waals surface area contributed by atoms with Gasteiger partial charge in [0.05, 0.1) is 5.71 Å². The molecular weight excluding hydrogens is 252 g/mol. The van der Waals surface area contributed by atoms with Gasteiger partial charge in [0.25, 0.3) is 0 Å². The van der Waals surface area contributed by atoms with Crippen molar-refractivity contribution in [2.24, 2.45) is 11.0 Å². The molecule has 1 unspecified atom stereocenters. The van der Waals surface area contributed by atoms with E-state index in [0.29, 0.717) is 6.42 Å². The van der Waals surface area contributed by atoms with E-state index in [2.05, 4.69) is 38.3 Å². The van der Waals surface area contributed by atoms with E-state index in [1.807, 2.05) is 13.1 Å². The molecule has 5 heteroatoms. The van der Waals surface area contributed by atoms with E-state index in [9.17, 15) is 4.79 Å². The summed E-state index contributed by atoms with van der Waals surface area (Å²) in [4.78, 5) is 15.7. The Morgan fingerprint density at radius 1 is 1.35 bits per heavy atom. The monoisotopic (exact) mass is 266 g/mol. The Balaban J connectivity index is 1.78. The molecule has 0 saturated heterocycles.